The van der Waals surface area contributed by atoms with Gasteiger partial charge < -0.3 is 24.8 Å². The van der Waals surface area contributed by atoms with Crippen molar-refractivity contribution >= 4 is 6.09 Å². The number of hydrogen-bond acceptors (Lipinski definition) is 5. The van der Waals surface area contributed by atoms with E-state index >= 15 is 0 Å². The SMILES string of the molecule is COc1ccc([C@@]23CCN[C@@H]2C[C@@H](NC(=O)OC(C)(C)C)CC3)cc1OC. The molecular formula is C21H32N2O4. The molecule has 150 valence electrons. The first-order valence-corrected chi connectivity index (χ1v) is 9.73. The molecule has 1 aromatic rings. The third-order valence-corrected chi connectivity index (χ3v) is 5.77. The van der Waals surface area contributed by atoms with Gasteiger partial charge in [-0.25, -0.2) is 4.79 Å². The van der Waals surface area contributed by atoms with Gasteiger partial charge in [-0.05, 0) is 70.7 Å². The number of methoxy groups -OCH3 is 2. The van der Waals surface area contributed by atoms with Crippen LogP contribution in [0.15, 0.2) is 18.2 Å². The lowest BCUT2D eigenvalue weighted by atomic mass is 9.65. The van der Waals surface area contributed by atoms with E-state index < -0.39 is 5.60 Å². The Hall–Kier alpha value is -1.95. The topological polar surface area (TPSA) is 68.8 Å². The zero-order chi connectivity index (χ0) is 19.7. The van der Waals surface area contributed by atoms with Gasteiger partial charge in [0.15, 0.2) is 11.5 Å². The van der Waals surface area contributed by atoms with Crippen LogP contribution in [0.2, 0.25) is 0 Å². The van der Waals surface area contributed by atoms with Crippen LogP contribution in [0.3, 0.4) is 0 Å². The van der Waals surface area contributed by atoms with E-state index in [4.69, 9.17) is 14.2 Å². The van der Waals surface area contributed by atoms with Crippen molar-refractivity contribution in [3.8, 4) is 11.5 Å². The summed E-state index contributed by atoms with van der Waals surface area (Å²) < 4.78 is 16.3. The summed E-state index contributed by atoms with van der Waals surface area (Å²) in [5, 5.41) is 6.70. The summed E-state index contributed by atoms with van der Waals surface area (Å²) in [5.74, 6) is 1.52. The molecule has 0 aromatic heterocycles. The fraction of sp³-hybridized carbons (Fsp3) is 0.667. The fourth-order valence-corrected chi connectivity index (χ4v) is 4.52. The van der Waals surface area contributed by atoms with Gasteiger partial charge in [0.2, 0.25) is 0 Å². The first kappa shape index (κ1) is 19.8. The van der Waals surface area contributed by atoms with Crippen molar-refractivity contribution in [1.29, 1.82) is 0 Å². The summed E-state index contributed by atoms with van der Waals surface area (Å²) in [6.45, 7) is 6.63. The van der Waals surface area contributed by atoms with Gasteiger partial charge in [0, 0.05) is 17.5 Å². The molecule has 1 saturated carbocycles. The molecule has 2 fully saturated rings. The normalized spacial score (nSPS) is 27.6. The minimum Gasteiger partial charge on any atom is -0.493 e. The molecule has 2 N–H and O–H groups in total. The molecular weight excluding hydrogens is 344 g/mol. The maximum Gasteiger partial charge on any atom is 0.407 e. The molecule has 1 aliphatic carbocycles. The third kappa shape index (κ3) is 4.15. The van der Waals surface area contributed by atoms with Crippen LogP contribution in [0.5, 0.6) is 11.5 Å². The zero-order valence-corrected chi connectivity index (χ0v) is 17.1. The molecule has 6 heteroatoms. The number of benzene rings is 1. The van der Waals surface area contributed by atoms with Gasteiger partial charge in [0.05, 0.1) is 14.2 Å². The highest BCUT2D eigenvalue weighted by Crippen LogP contribution is 2.47. The van der Waals surface area contributed by atoms with Crippen molar-refractivity contribution in [3.63, 3.8) is 0 Å². The minimum atomic E-state index is -0.478. The lowest BCUT2D eigenvalue weighted by molar-refractivity contribution is 0.0479. The predicted octanol–water partition coefficient (Wildman–Crippen LogP) is 3.38. The molecule has 0 bridgehead atoms. The second kappa shape index (κ2) is 7.58. The maximum absolute atomic E-state index is 12.1. The van der Waals surface area contributed by atoms with Crippen LogP contribution in [0, 0.1) is 0 Å². The first-order valence-electron chi connectivity index (χ1n) is 9.73. The second-order valence-corrected chi connectivity index (χ2v) is 8.60. The van der Waals surface area contributed by atoms with Crippen molar-refractivity contribution in [3.05, 3.63) is 23.8 Å². The quantitative estimate of drug-likeness (QED) is 0.843. The Labute approximate surface area is 161 Å². The van der Waals surface area contributed by atoms with Crippen molar-refractivity contribution in [2.75, 3.05) is 20.8 Å². The van der Waals surface area contributed by atoms with Crippen LogP contribution < -0.4 is 20.1 Å². The molecule has 0 unspecified atom stereocenters. The van der Waals surface area contributed by atoms with Crippen LogP contribution in [0.1, 0.15) is 52.0 Å². The van der Waals surface area contributed by atoms with E-state index in [0.29, 0.717) is 6.04 Å². The van der Waals surface area contributed by atoms with Gasteiger partial charge in [-0.3, -0.25) is 0 Å². The van der Waals surface area contributed by atoms with E-state index in [9.17, 15) is 4.79 Å². The Morgan fingerprint density at radius 1 is 1.19 bits per heavy atom. The van der Waals surface area contributed by atoms with Gasteiger partial charge in [0.1, 0.15) is 5.60 Å². The molecule has 3 rings (SSSR count). The monoisotopic (exact) mass is 376 g/mol. The van der Waals surface area contributed by atoms with E-state index in [1.54, 1.807) is 14.2 Å². The Balaban J connectivity index is 1.74. The number of carbonyl (C=O) groups is 1. The van der Waals surface area contributed by atoms with E-state index in [0.717, 1.165) is 43.7 Å². The summed E-state index contributed by atoms with van der Waals surface area (Å²) in [5.41, 5.74) is 0.880. The molecule has 1 aliphatic heterocycles. The summed E-state index contributed by atoms with van der Waals surface area (Å²) in [6, 6.07) is 6.71. The van der Waals surface area contributed by atoms with Gasteiger partial charge in [-0.1, -0.05) is 6.07 Å². The molecule has 6 nitrogen and oxygen atoms in total. The molecule has 0 spiro atoms. The molecule has 27 heavy (non-hydrogen) atoms. The van der Waals surface area contributed by atoms with Crippen molar-refractivity contribution in [2.45, 2.75) is 69.6 Å². The first-order chi connectivity index (χ1) is 12.8. The standard InChI is InChI=1S/C21H32N2O4/c1-20(2,3)27-19(24)23-15-8-9-21(10-11-22-18(21)13-15)14-6-7-16(25-4)17(12-14)26-5/h6-7,12,15,18,22H,8-11,13H2,1-5H3,(H,23,24)/t15-,18+,21+/m0/s1. The van der Waals surface area contributed by atoms with Crippen molar-refractivity contribution < 1.29 is 19.0 Å². The Morgan fingerprint density at radius 2 is 1.93 bits per heavy atom. The maximum atomic E-state index is 12.1. The highest BCUT2D eigenvalue weighted by molar-refractivity contribution is 5.68. The van der Waals surface area contributed by atoms with E-state index in [1.807, 2.05) is 26.8 Å². The number of ether oxygens (including phenoxy) is 3. The number of hydrogen-bond donors (Lipinski definition) is 2. The van der Waals surface area contributed by atoms with Crippen LogP contribution in [-0.4, -0.2) is 44.5 Å². The predicted molar refractivity (Wildman–Crippen MR) is 105 cm³/mol. The Kier molecular flexibility index (Phi) is 5.56. The number of amides is 1. The molecule has 2 aliphatic rings. The molecule has 3 atom stereocenters. The molecule has 1 heterocycles. The summed E-state index contributed by atoms with van der Waals surface area (Å²) in [6.07, 6.45) is 3.61. The number of fused-ring (bicyclic) bond motifs is 1. The average molecular weight is 376 g/mol. The van der Waals surface area contributed by atoms with Gasteiger partial charge in [-0.15, -0.1) is 0 Å². The number of alkyl carbamates (subject to hydrolysis) is 1. The number of rotatable bonds is 4. The highest BCUT2D eigenvalue weighted by atomic mass is 16.6. The lowest BCUT2D eigenvalue weighted by Gasteiger charge is -2.43. The summed E-state index contributed by atoms with van der Waals surface area (Å²) in [4.78, 5) is 12.1. The van der Waals surface area contributed by atoms with Crippen LogP contribution in [0.25, 0.3) is 0 Å². The van der Waals surface area contributed by atoms with E-state index in [1.165, 1.54) is 5.56 Å². The van der Waals surface area contributed by atoms with Crippen LogP contribution in [-0.2, 0) is 10.2 Å². The number of nitrogens with one attached hydrogen (secondary N) is 2. The summed E-state index contributed by atoms with van der Waals surface area (Å²) >= 11 is 0. The smallest absolute Gasteiger partial charge is 0.407 e. The van der Waals surface area contributed by atoms with E-state index in [2.05, 4.69) is 22.8 Å². The average Bonchev–Trinajstić information content (AvgIpc) is 3.03. The largest absolute Gasteiger partial charge is 0.493 e. The fourth-order valence-electron chi connectivity index (χ4n) is 4.52. The highest BCUT2D eigenvalue weighted by Gasteiger charge is 2.48. The number of carbonyl (C=O) groups excluding carboxylic acids is 1. The Morgan fingerprint density at radius 3 is 2.59 bits per heavy atom. The molecule has 1 amide bonds. The summed E-state index contributed by atoms with van der Waals surface area (Å²) in [7, 11) is 3.33. The van der Waals surface area contributed by atoms with Gasteiger partial charge in [-0.2, -0.15) is 0 Å². The van der Waals surface area contributed by atoms with Gasteiger partial charge in [0.25, 0.3) is 0 Å². The van der Waals surface area contributed by atoms with Crippen molar-refractivity contribution in [1.82, 2.24) is 10.6 Å². The lowest BCUT2D eigenvalue weighted by Crippen LogP contribution is -2.52. The zero-order valence-electron chi connectivity index (χ0n) is 17.1. The van der Waals surface area contributed by atoms with Crippen LogP contribution >= 0.6 is 0 Å². The molecule has 0 radical (unpaired) electrons. The van der Waals surface area contributed by atoms with Gasteiger partial charge >= 0.3 is 6.09 Å². The van der Waals surface area contributed by atoms with E-state index in [-0.39, 0.29) is 17.6 Å². The minimum absolute atomic E-state index is 0.0751. The second-order valence-electron chi connectivity index (χ2n) is 8.60. The van der Waals surface area contributed by atoms with Crippen molar-refractivity contribution in [2.24, 2.45) is 0 Å². The molecule has 1 aromatic carbocycles. The third-order valence-electron chi connectivity index (χ3n) is 5.77. The van der Waals surface area contributed by atoms with Crippen LogP contribution in [0.4, 0.5) is 4.79 Å². The Bertz CT molecular complexity index is 685. The molecule has 1 saturated heterocycles.